The van der Waals surface area contributed by atoms with Crippen LogP contribution in [0.4, 0.5) is 0 Å². The van der Waals surface area contributed by atoms with Gasteiger partial charge in [0.1, 0.15) is 0 Å². The number of hydrogen-bond donors (Lipinski definition) is 1. The standard InChI is InChI=1S/C6H2Cl3IO/c7-2-1-3(8)6(11)4(9)5(2)10/h1,11H. The zero-order valence-corrected chi connectivity index (χ0v) is 9.46. The molecule has 0 aromatic heterocycles. The van der Waals surface area contributed by atoms with Crippen molar-refractivity contribution in [3.05, 3.63) is 24.7 Å². The molecule has 1 aromatic carbocycles. The van der Waals surface area contributed by atoms with E-state index in [2.05, 4.69) is 0 Å². The van der Waals surface area contributed by atoms with Gasteiger partial charge in [-0.15, -0.1) is 0 Å². The lowest BCUT2D eigenvalue weighted by Gasteiger charge is -2.03. The highest BCUT2D eigenvalue weighted by molar-refractivity contribution is 14.1. The van der Waals surface area contributed by atoms with Crippen LogP contribution in [-0.2, 0) is 0 Å². The average Bonchev–Trinajstić information content (AvgIpc) is 1.97. The van der Waals surface area contributed by atoms with Crippen LogP contribution >= 0.6 is 57.4 Å². The SMILES string of the molecule is Oc1c(Cl)cc(Cl)c(I)c1Cl. The number of benzene rings is 1. The molecule has 0 saturated heterocycles. The fourth-order valence-corrected chi connectivity index (χ4v) is 1.73. The van der Waals surface area contributed by atoms with Crippen LogP contribution in [0.1, 0.15) is 0 Å². The third-order valence-electron chi connectivity index (χ3n) is 1.09. The molecule has 0 heterocycles. The molecule has 1 rings (SSSR count). The van der Waals surface area contributed by atoms with Gasteiger partial charge in [0.2, 0.25) is 0 Å². The molecule has 0 fully saturated rings. The minimum absolute atomic E-state index is 0.123. The van der Waals surface area contributed by atoms with E-state index in [0.29, 0.717) is 8.59 Å². The molecule has 0 aliphatic carbocycles. The second-order valence-corrected chi connectivity index (χ2v) is 4.09. The van der Waals surface area contributed by atoms with Gasteiger partial charge in [0.25, 0.3) is 0 Å². The van der Waals surface area contributed by atoms with Gasteiger partial charge in [-0.25, -0.2) is 0 Å². The number of rotatable bonds is 0. The number of hydrogen-bond acceptors (Lipinski definition) is 1. The summed E-state index contributed by atoms with van der Waals surface area (Å²) in [5.41, 5.74) is 0. The largest absolute Gasteiger partial charge is 0.505 e. The molecule has 0 atom stereocenters. The summed E-state index contributed by atoms with van der Waals surface area (Å²) in [6.07, 6.45) is 0. The summed E-state index contributed by atoms with van der Waals surface area (Å²) in [6.45, 7) is 0. The van der Waals surface area contributed by atoms with E-state index in [1.807, 2.05) is 22.6 Å². The van der Waals surface area contributed by atoms with Gasteiger partial charge in [-0.3, -0.25) is 0 Å². The Bertz CT molecular complexity index is 274. The van der Waals surface area contributed by atoms with Crippen LogP contribution in [0.25, 0.3) is 0 Å². The molecule has 0 unspecified atom stereocenters. The third kappa shape index (κ3) is 1.86. The maximum atomic E-state index is 9.18. The first kappa shape index (κ1) is 9.71. The van der Waals surface area contributed by atoms with Crippen LogP contribution in [0.3, 0.4) is 0 Å². The van der Waals surface area contributed by atoms with Crippen LogP contribution < -0.4 is 0 Å². The molecule has 1 N–H and O–H groups in total. The molecular formula is C6H2Cl3IO. The van der Waals surface area contributed by atoms with Crippen molar-refractivity contribution < 1.29 is 5.11 Å². The summed E-state index contributed by atoms with van der Waals surface area (Å²) in [6, 6.07) is 1.45. The van der Waals surface area contributed by atoms with Crippen LogP contribution in [0.2, 0.25) is 15.1 Å². The zero-order chi connectivity index (χ0) is 8.59. The molecule has 1 aromatic rings. The second-order valence-electron chi connectivity index (χ2n) is 1.82. The quantitative estimate of drug-likeness (QED) is 0.435. The van der Waals surface area contributed by atoms with E-state index in [9.17, 15) is 5.11 Å². The lowest BCUT2D eigenvalue weighted by Crippen LogP contribution is -1.79. The van der Waals surface area contributed by atoms with Crippen molar-refractivity contribution in [2.24, 2.45) is 0 Å². The number of aromatic hydroxyl groups is 1. The highest BCUT2D eigenvalue weighted by Crippen LogP contribution is 2.39. The van der Waals surface area contributed by atoms with Gasteiger partial charge >= 0.3 is 0 Å². The van der Waals surface area contributed by atoms with E-state index >= 15 is 0 Å². The summed E-state index contributed by atoms with van der Waals surface area (Å²) < 4.78 is 0.604. The molecule has 0 saturated carbocycles. The molecule has 11 heavy (non-hydrogen) atoms. The first-order valence-corrected chi connectivity index (χ1v) is 4.77. The zero-order valence-electron chi connectivity index (χ0n) is 5.04. The number of phenols is 1. The Morgan fingerprint density at radius 3 is 2.27 bits per heavy atom. The van der Waals surface area contributed by atoms with Gasteiger partial charge in [-0.2, -0.15) is 0 Å². The number of halogens is 4. The lowest BCUT2D eigenvalue weighted by molar-refractivity contribution is 0.475. The van der Waals surface area contributed by atoms with Crippen molar-refractivity contribution in [2.75, 3.05) is 0 Å². The van der Waals surface area contributed by atoms with Gasteiger partial charge in [0, 0.05) is 0 Å². The third-order valence-corrected chi connectivity index (χ3v) is 3.80. The van der Waals surface area contributed by atoms with E-state index < -0.39 is 0 Å². The minimum atomic E-state index is -0.123. The Labute approximate surface area is 92.4 Å². The predicted molar refractivity (Wildman–Crippen MR) is 55.9 cm³/mol. The summed E-state index contributed by atoms with van der Waals surface area (Å²) in [5.74, 6) is -0.123. The van der Waals surface area contributed by atoms with E-state index in [0.717, 1.165) is 0 Å². The lowest BCUT2D eigenvalue weighted by atomic mass is 10.3. The van der Waals surface area contributed by atoms with Crippen molar-refractivity contribution >= 4 is 57.4 Å². The van der Waals surface area contributed by atoms with E-state index in [1.54, 1.807) is 0 Å². The predicted octanol–water partition coefficient (Wildman–Crippen LogP) is 3.96. The van der Waals surface area contributed by atoms with Crippen LogP contribution in [-0.4, -0.2) is 5.11 Å². The highest BCUT2D eigenvalue weighted by Gasteiger charge is 2.11. The number of phenolic OH excluding ortho intramolecular Hbond substituents is 1. The molecule has 0 aliphatic heterocycles. The Morgan fingerprint density at radius 2 is 1.73 bits per heavy atom. The second kappa shape index (κ2) is 3.56. The van der Waals surface area contributed by atoms with Crippen LogP contribution in [0, 0.1) is 3.57 Å². The molecule has 0 spiro atoms. The van der Waals surface area contributed by atoms with Crippen molar-refractivity contribution in [3.8, 4) is 5.75 Å². The van der Waals surface area contributed by atoms with Gasteiger partial charge in [0.15, 0.2) is 5.75 Å². The smallest absolute Gasteiger partial charge is 0.153 e. The van der Waals surface area contributed by atoms with Crippen molar-refractivity contribution in [2.45, 2.75) is 0 Å². The first-order chi connectivity index (χ1) is 5.04. The monoisotopic (exact) mass is 322 g/mol. The van der Waals surface area contributed by atoms with Crippen LogP contribution in [0.15, 0.2) is 6.07 Å². The molecule has 5 heteroatoms. The molecule has 0 amide bonds. The van der Waals surface area contributed by atoms with Crippen LogP contribution in [0.5, 0.6) is 5.75 Å². The normalized spacial score (nSPS) is 10.2. The van der Waals surface area contributed by atoms with Gasteiger partial charge in [0.05, 0.1) is 18.6 Å². The summed E-state index contributed by atoms with van der Waals surface area (Å²) in [7, 11) is 0. The highest BCUT2D eigenvalue weighted by atomic mass is 127. The molecule has 0 bridgehead atoms. The fraction of sp³-hybridized carbons (Fsp3) is 0. The molecule has 0 radical (unpaired) electrons. The maximum Gasteiger partial charge on any atom is 0.153 e. The molecule has 1 nitrogen and oxygen atoms in total. The van der Waals surface area contributed by atoms with Crippen molar-refractivity contribution in [1.82, 2.24) is 0 Å². The Morgan fingerprint density at radius 1 is 1.18 bits per heavy atom. The Kier molecular flexibility index (Phi) is 3.14. The molecular weight excluding hydrogens is 321 g/mol. The van der Waals surface area contributed by atoms with E-state index in [1.165, 1.54) is 6.07 Å². The average molecular weight is 323 g/mol. The van der Waals surface area contributed by atoms with E-state index in [-0.39, 0.29) is 15.8 Å². The fourth-order valence-electron chi connectivity index (χ4n) is 0.557. The van der Waals surface area contributed by atoms with Gasteiger partial charge < -0.3 is 5.11 Å². The van der Waals surface area contributed by atoms with Crippen molar-refractivity contribution in [1.29, 1.82) is 0 Å². The summed E-state index contributed by atoms with van der Waals surface area (Å²) in [5, 5.41) is 9.99. The van der Waals surface area contributed by atoms with E-state index in [4.69, 9.17) is 34.8 Å². The summed E-state index contributed by atoms with van der Waals surface area (Å²) >= 11 is 18.9. The minimum Gasteiger partial charge on any atom is -0.505 e. The van der Waals surface area contributed by atoms with Crippen molar-refractivity contribution in [3.63, 3.8) is 0 Å². The first-order valence-electron chi connectivity index (χ1n) is 2.56. The maximum absolute atomic E-state index is 9.18. The van der Waals surface area contributed by atoms with Gasteiger partial charge in [-0.1, -0.05) is 34.8 Å². The topological polar surface area (TPSA) is 20.2 Å². The Balaban J connectivity index is 3.46. The summed E-state index contributed by atoms with van der Waals surface area (Å²) in [4.78, 5) is 0. The molecule has 0 aliphatic rings. The van der Waals surface area contributed by atoms with Gasteiger partial charge in [-0.05, 0) is 28.7 Å². The Hall–Kier alpha value is 0.620. The molecule has 60 valence electrons.